The van der Waals surface area contributed by atoms with Crippen molar-refractivity contribution in [3.8, 4) is 38.8 Å². The summed E-state index contributed by atoms with van der Waals surface area (Å²) in [6.45, 7) is 0. The van der Waals surface area contributed by atoms with Crippen LogP contribution in [-0.4, -0.2) is 7.11 Å². The van der Waals surface area contributed by atoms with E-state index in [1.165, 1.54) is 0 Å². The van der Waals surface area contributed by atoms with Crippen molar-refractivity contribution in [3.05, 3.63) is 78.2 Å². The number of rotatable bonds is 4. The highest BCUT2D eigenvalue weighted by atomic mass is 32.1. The Bertz CT molecular complexity index is 920. The molecule has 0 fully saturated rings. The predicted molar refractivity (Wildman–Crippen MR) is 99.4 cm³/mol. The molecule has 4 aromatic rings. The Morgan fingerprint density at radius 3 is 2.29 bits per heavy atom. The summed E-state index contributed by atoms with van der Waals surface area (Å²) in [6, 6.07) is 24.5. The molecule has 0 atom stereocenters. The van der Waals surface area contributed by atoms with Gasteiger partial charge in [-0.25, -0.2) is 0 Å². The molecular weight excluding hydrogens is 316 g/mol. The van der Waals surface area contributed by atoms with Crippen LogP contribution >= 0.6 is 11.3 Å². The first kappa shape index (κ1) is 14.8. The smallest absolute Gasteiger partial charge is 0.145 e. The molecular formula is C21H16O2S. The van der Waals surface area contributed by atoms with Gasteiger partial charge in [-0.3, -0.25) is 0 Å². The average Bonchev–Trinajstić information content (AvgIpc) is 3.32. The maximum Gasteiger partial charge on any atom is 0.145 e. The zero-order valence-electron chi connectivity index (χ0n) is 13.2. The van der Waals surface area contributed by atoms with Gasteiger partial charge in [0.05, 0.1) is 12.0 Å². The van der Waals surface area contributed by atoms with Crippen molar-refractivity contribution in [1.29, 1.82) is 0 Å². The molecule has 4 rings (SSSR count). The molecule has 0 saturated heterocycles. The summed E-state index contributed by atoms with van der Waals surface area (Å²) < 4.78 is 11.5. The fourth-order valence-electron chi connectivity index (χ4n) is 2.72. The zero-order valence-corrected chi connectivity index (χ0v) is 14.0. The molecule has 118 valence electrons. The molecule has 0 N–H and O–H groups in total. The highest BCUT2D eigenvalue weighted by Gasteiger charge is 2.16. The van der Waals surface area contributed by atoms with Crippen LogP contribution < -0.4 is 4.74 Å². The lowest BCUT2D eigenvalue weighted by atomic mass is 10.0. The first-order chi connectivity index (χ1) is 11.8. The van der Waals surface area contributed by atoms with Crippen LogP contribution in [0.25, 0.3) is 33.1 Å². The van der Waals surface area contributed by atoms with Gasteiger partial charge >= 0.3 is 0 Å². The second-order valence-electron chi connectivity index (χ2n) is 5.43. The summed E-state index contributed by atoms with van der Waals surface area (Å²) in [6.07, 6.45) is 0. The maximum atomic E-state index is 6.24. The maximum absolute atomic E-state index is 6.24. The number of thiophene rings is 1. The van der Waals surface area contributed by atoms with Gasteiger partial charge in [-0.15, -0.1) is 11.3 Å². The molecule has 0 bridgehead atoms. The van der Waals surface area contributed by atoms with Crippen LogP contribution in [0, 0.1) is 0 Å². The van der Waals surface area contributed by atoms with Crippen LogP contribution in [0.2, 0.25) is 0 Å². The Morgan fingerprint density at radius 1 is 0.833 bits per heavy atom. The fraction of sp³-hybridized carbons (Fsp3) is 0.0476. The Balaban J connectivity index is 1.87. The molecule has 0 radical (unpaired) electrons. The number of benzene rings is 2. The zero-order chi connectivity index (χ0) is 16.4. The number of furan rings is 1. The molecule has 0 spiro atoms. The number of hydrogen-bond acceptors (Lipinski definition) is 3. The summed E-state index contributed by atoms with van der Waals surface area (Å²) in [7, 11) is 1.68. The van der Waals surface area contributed by atoms with E-state index in [-0.39, 0.29) is 0 Å². The van der Waals surface area contributed by atoms with Crippen LogP contribution in [0.1, 0.15) is 0 Å². The molecule has 24 heavy (non-hydrogen) atoms. The van der Waals surface area contributed by atoms with Gasteiger partial charge in [-0.2, -0.15) is 0 Å². The van der Waals surface area contributed by atoms with Crippen molar-refractivity contribution < 1.29 is 9.15 Å². The summed E-state index contributed by atoms with van der Waals surface area (Å²) in [5.41, 5.74) is 3.28. The summed E-state index contributed by atoms with van der Waals surface area (Å²) in [5.74, 6) is 2.64. The molecule has 2 nitrogen and oxygen atoms in total. The SMILES string of the molecule is COc1ccc(-c2cc(-c3cccs3)oc2-c2ccccc2)cc1. The fourth-order valence-corrected chi connectivity index (χ4v) is 3.40. The highest BCUT2D eigenvalue weighted by molar-refractivity contribution is 7.13. The van der Waals surface area contributed by atoms with Gasteiger partial charge in [0.25, 0.3) is 0 Å². The van der Waals surface area contributed by atoms with Crippen molar-refractivity contribution in [3.63, 3.8) is 0 Å². The van der Waals surface area contributed by atoms with Crippen LogP contribution in [0.3, 0.4) is 0 Å². The van der Waals surface area contributed by atoms with Crippen LogP contribution in [0.5, 0.6) is 5.75 Å². The van der Waals surface area contributed by atoms with Gasteiger partial charge in [0, 0.05) is 11.1 Å². The molecule has 0 aliphatic carbocycles. The highest BCUT2D eigenvalue weighted by Crippen LogP contribution is 2.40. The second kappa shape index (κ2) is 6.38. The van der Waals surface area contributed by atoms with Crippen molar-refractivity contribution in [2.45, 2.75) is 0 Å². The van der Waals surface area contributed by atoms with Crippen molar-refractivity contribution in [2.24, 2.45) is 0 Å². The molecule has 0 aliphatic heterocycles. The van der Waals surface area contributed by atoms with Gasteiger partial charge in [0.1, 0.15) is 17.3 Å². The molecule has 2 aromatic heterocycles. The molecule has 3 heteroatoms. The number of hydrogen-bond donors (Lipinski definition) is 0. The minimum absolute atomic E-state index is 0.849. The third kappa shape index (κ3) is 2.74. The van der Waals surface area contributed by atoms with E-state index in [0.29, 0.717) is 0 Å². The van der Waals surface area contributed by atoms with Crippen LogP contribution in [-0.2, 0) is 0 Å². The topological polar surface area (TPSA) is 22.4 Å². The van der Waals surface area contributed by atoms with E-state index in [0.717, 1.165) is 38.8 Å². The number of ether oxygens (including phenoxy) is 1. The quantitative estimate of drug-likeness (QED) is 0.434. The summed E-state index contributed by atoms with van der Waals surface area (Å²) >= 11 is 1.68. The minimum atomic E-state index is 0.849. The van der Waals surface area contributed by atoms with E-state index in [9.17, 15) is 0 Å². The van der Waals surface area contributed by atoms with Gasteiger partial charge in [-0.1, -0.05) is 48.5 Å². The summed E-state index contributed by atoms with van der Waals surface area (Å²) in [4.78, 5) is 1.13. The lowest BCUT2D eigenvalue weighted by Crippen LogP contribution is -1.83. The lowest BCUT2D eigenvalue weighted by molar-refractivity contribution is 0.415. The number of methoxy groups -OCH3 is 1. The largest absolute Gasteiger partial charge is 0.497 e. The van der Waals surface area contributed by atoms with E-state index in [1.807, 2.05) is 36.4 Å². The minimum Gasteiger partial charge on any atom is -0.497 e. The van der Waals surface area contributed by atoms with Gasteiger partial charge in [-0.05, 0) is 35.2 Å². The molecule has 0 aliphatic rings. The van der Waals surface area contributed by atoms with Crippen molar-refractivity contribution in [2.75, 3.05) is 7.11 Å². The standard InChI is InChI=1S/C21H16O2S/c1-22-17-11-9-15(10-12-17)18-14-19(20-8-5-13-24-20)23-21(18)16-6-3-2-4-7-16/h2-14H,1H3. The van der Waals surface area contributed by atoms with Crippen LogP contribution in [0.4, 0.5) is 0 Å². The van der Waals surface area contributed by atoms with Crippen molar-refractivity contribution >= 4 is 11.3 Å². The van der Waals surface area contributed by atoms with Crippen LogP contribution in [0.15, 0.2) is 82.6 Å². The molecule has 0 unspecified atom stereocenters. The molecule has 0 saturated carbocycles. The Labute approximate surface area is 145 Å². The first-order valence-electron chi connectivity index (χ1n) is 7.73. The molecule has 2 aromatic carbocycles. The molecule has 0 amide bonds. The van der Waals surface area contributed by atoms with E-state index in [1.54, 1.807) is 18.4 Å². The van der Waals surface area contributed by atoms with Crippen molar-refractivity contribution in [1.82, 2.24) is 0 Å². The van der Waals surface area contributed by atoms with Gasteiger partial charge in [0.15, 0.2) is 0 Å². The third-order valence-corrected chi connectivity index (χ3v) is 4.82. The van der Waals surface area contributed by atoms with E-state index >= 15 is 0 Å². The summed E-state index contributed by atoms with van der Waals surface area (Å²) in [5, 5.41) is 2.06. The Morgan fingerprint density at radius 2 is 1.62 bits per heavy atom. The monoisotopic (exact) mass is 332 g/mol. The second-order valence-corrected chi connectivity index (χ2v) is 6.37. The molecule has 2 heterocycles. The van der Waals surface area contributed by atoms with Gasteiger partial charge in [0.2, 0.25) is 0 Å². The van der Waals surface area contributed by atoms with E-state index < -0.39 is 0 Å². The van der Waals surface area contributed by atoms with E-state index in [4.69, 9.17) is 9.15 Å². The van der Waals surface area contributed by atoms with E-state index in [2.05, 4.69) is 41.8 Å². The lowest BCUT2D eigenvalue weighted by Gasteiger charge is -2.04. The Hall–Kier alpha value is -2.78. The van der Waals surface area contributed by atoms with Gasteiger partial charge < -0.3 is 9.15 Å². The normalized spacial score (nSPS) is 10.7. The first-order valence-corrected chi connectivity index (χ1v) is 8.60. The predicted octanol–water partition coefficient (Wildman–Crippen LogP) is 6.35. The Kier molecular flexibility index (Phi) is 3.93. The average molecular weight is 332 g/mol. The third-order valence-electron chi connectivity index (χ3n) is 3.93.